The maximum atomic E-state index is 13.1. The minimum absolute atomic E-state index is 0.0939. The molecule has 4 heteroatoms. The zero-order valence-electron chi connectivity index (χ0n) is 10.5. The summed E-state index contributed by atoms with van der Waals surface area (Å²) in [5, 5.41) is 0. The highest BCUT2D eigenvalue weighted by Gasteiger charge is 2.23. The third-order valence-corrected chi connectivity index (χ3v) is 3.43. The molecule has 0 spiro atoms. The van der Waals surface area contributed by atoms with Gasteiger partial charge in [-0.25, -0.2) is 9.37 Å². The van der Waals surface area contributed by atoms with Crippen LogP contribution in [0.2, 0.25) is 0 Å². The summed E-state index contributed by atoms with van der Waals surface area (Å²) < 4.78 is 18.9. The van der Waals surface area contributed by atoms with Crippen LogP contribution in [0.3, 0.4) is 0 Å². The maximum absolute atomic E-state index is 13.1. The molecule has 0 radical (unpaired) electrons. The Labute approximate surface area is 111 Å². The molecule has 1 aliphatic heterocycles. The van der Waals surface area contributed by atoms with Crippen LogP contribution in [0.1, 0.15) is 17.5 Å². The number of pyridine rings is 1. The number of nitrogens with two attached hydrogens (primary N) is 1. The Morgan fingerprint density at radius 3 is 3.11 bits per heavy atom. The monoisotopic (exact) mass is 258 g/mol. The molecule has 2 heterocycles. The second-order valence-electron chi connectivity index (χ2n) is 4.78. The molecule has 1 unspecified atom stereocenters. The van der Waals surface area contributed by atoms with E-state index in [0.29, 0.717) is 5.82 Å². The molecule has 0 amide bonds. The summed E-state index contributed by atoms with van der Waals surface area (Å²) in [4.78, 5) is 4.06. The number of anilines is 1. The molecule has 0 saturated heterocycles. The van der Waals surface area contributed by atoms with E-state index in [1.54, 1.807) is 18.3 Å². The van der Waals surface area contributed by atoms with E-state index < -0.39 is 0 Å². The molecule has 0 fully saturated rings. The van der Waals surface area contributed by atoms with Gasteiger partial charge >= 0.3 is 0 Å². The van der Waals surface area contributed by atoms with E-state index in [-0.39, 0.29) is 11.9 Å². The second-order valence-corrected chi connectivity index (χ2v) is 4.78. The van der Waals surface area contributed by atoms with Crippen LogP contribution >= 0.6 is 0 Å². The summed E-state index contributed by atoms with van der Waals surface area (Å²) in [6.45, 7) is 0. The van der Waals surface area contributed by atoms with Crippen molar-refractivity contribution in [3.05, 3.63) is 53.5 Å². The second kappa shape index (κ2) is 4.88. The SMILES string of the molecule is Nc1ncccc1CCC1Cc2cc(F)ccc2O1. The number of ether oxygens (including phenoxy) is 1. The zero-order chi connectivity index (χ0) is 13.2. The molecule has 19 heavy (non-hydrogen) atoms. The van der Waals surface area contributed by atoms with Crippen molar-refractivity contribution < 1.29 is 9.13 Å². The number of hydrogen-bond donors (Lipinski definition) is 1. The molecule has 3 rings (SSSR count). The fourth-order valence-corrected chi connectivity index (χ4v) is 2.43. The van der Waals surface area contributed by atoms with E-state index in [0.717, 1.165) is 36.1 Å². The van der Waals surface area contributed by atoms with Gasteiger partial charge in [0.25, 0.3) is 0 Å². The minimum atomic E-state index is -0.209. The van der Waals surface area contributed by atoms with E-state index in [1.807, 2.05) is 12.1 Å². The fourth-order valence-electron chi connectivity index (χ4n) is 2.43. The highest BCUT2D eigenvalue weighted by Crippen LogP contribution is 2.31. The molecule has 2 aromatic rings. The van der Waals surface area contributed by atoms with Gasteiger partial charge in [-0.05, 0) is 42.7 Å². The predicted molar refractivity (Wildman–Crippen MR) is 71.5 cm³/mol. The first-order chi connectivity index (χ1) is 9.22. The topological polar surface area (TPSA) is 48.1 Å². The number of aryl methyl sites for hydroxylation is 1. The van der Waals surface area contributed by atoms with Gasteiger partial charge in [-0.15, -0.1) is 0 Å². The van der Waals surface area contributed by atoms with Crippen molar-refractivity contribution in [2.75, 3.05) is 5.73 Å². The lowest BCUT2D eigenvalue weighted by molar-refractivity contribution is 0.222. The fraction of sp³-hybridized carbons (Fsp3) is 0.267. The smallest absolute Gasteiger partial charge is 0.126 e. The first kappa shape index (κ1) is 12.0. The molecule has 1 aromatic heterocycles. The molecular formula is C15H15FN2O. The number of hydrogen-bond acceptors (Lipinski definition) is 3. The van der Waals surface area contributed by atoms with Gasteiger partial charge in [-0.3, -0.25) is 0 Å². The van der Waals surface area contributed by atoms with E-state index in [9.17, 15) is 4.39 Å². The lowest BCUT2D eigenvalue weighted by Gasteiger charge is -2.11. The van der Waals surface area contributed by atoms with E-state index in [4.69, 9.17) is 10.5 Å². The number of aromatic nitrogens is 1. The molecule has 0 saturated carbocycles. The van der Waals surface area contributed by atoms with Crippen LogP contribution < -0.4 is 10.5 Å². The molecule has 98 valence electrons. The van der Waals surface area contributed by atoms with Crippen molar-refractivity contribution in [2.24, 2.45) is 0 Å². The average Bonchev–Trinajstić information content (AvgIpc) is 2.79. The van der Waals surface area contributed by atoms with Crippen LogP contribution in [0.15, 0.2) is 36.5 Å². The third-order valence-electron chi connectivity index (χ3n) is 3.43. The molecule has 3 nitrogen and oxygen atoms in total. The molecule has 1 atom stereocenters. The Balaban J connectivity index is 1.63. The number of benzene rings is 1. The van der Waals surface area contributed by atoms with Crippen LogP contribution in [0.25, 0.3) is 0 Å². The number of fused-ring (bicyclic) bond motifs is 1. The van der Waals surface area contributed by atoms with E-state index in [1.165, 1.54) is 6.07 Å². The van der Waals surface area contributed by atoms with Crippen LogP contribution in [-0.2, 0) is 12.8 Å². The van der Waals surface area contributed by atoms with Crippen LogP contribution in [0.4, 0.5) is 10.2 Å². The van der Waals surface area contributed by atoms with Gasteiger partial charge in [-0.2, -0.15) is 0 Å². The van der Waals surface area contributed by atoms with Gasteiger partial charge in [0.2, 0.25) is 0 Å². The first-order valence-corrected chi connectivity index (χ1v) is 6.37. The van der Waals surface area contributed by atoms with Gasteiger partial charge in [0, 0.05) is 18.2 Å². The summed E-state index contributed by atoms with van der Waals surface area (Å²) in [7, 11) is 0. The average molecular weight is 258 g/mol. The van der Waals surface area contributed by atoms with Gasteiger partial charge < -0.3 is 10.5 Å². The first-order valence-electron chi connectivity index (χ1n) is 6.37. The number of nitrogens with zero attached hydrogens (tertiary/aromatic N) is 1. The summed E-state index contributed by atoms with van der Waals surface area (Å²) in [6, 6.07) is 8.53. The van der Waals surface area contributed by atoms with Crippen molar-refractivity contribution in [3.63, 3.8) is 0 Å². The maximum Gasteiger partial charge on any atom is 0.126 e. The molecule has 0 aliphatic carbocycles. The Bertz CT molecular complexity index is 600. The van der Waals surface area contributed by atoms with Gasteiger partial charge in [0.15, 0.2) is 0 Å². The Hall–Kier alpha value is -2.10. The van der Waals surface area contributed by atoms with Crippen LogP contribution in [0, 0.1) is 5.82 Å². The van der Waals surface area contributed by atoms with Crippen LogP contribution in [0.5, 0.6) is 5.75 Å². The van der Waals surface area contributed by atoms with Gasteiger partial charge in [0.1, 0.15) is 23.5 Å². The minimum Gasteiger partial charge on any atom is -0.490 e. The van der Waals surface area contributed by atoms with Gasteiger partial charge in [0.05, 0.1) is 0 Å². The zero-order valence-corrected chi connectivity index (χ0v) is 10.5. The number of nitrogen functional groups attached to an aromatic ring is 1. The van der Waals surface area contributed by atoms with Crippen molar-refractivity contribution >= 4 is 5.82 Å². The number of rotatable bonds is 3. The van der Waals surface area contributed by atoms with Crippen molar-refractivity contribution in [3.8, 4) is 5.75 Å². The molecular weight excluding hydrogens is 243 g/mol. The van der Waals surface area contributed by atoms with Crippen molar-refractivity contribution in [1.82, 2.24) is 4.98 Å². The summed E-state index contributed by atoms with van der Waals surface area (Å²) in [6.07, 6.45) is 4.21. The summed E-state index contributed by atoms with van der Waals surface area (Å²) >= 11 is 0. The standard InChI is InChI=1S/C15H15FN2O/c16-12-4-6-14-11(8-12)9-13(19-14)5-3-10-2-1-7-18-15(10)17/h1-2,4,6-8,13H,3,5,9H2,(H2,17,18). The van der Waals surface area contributed by atoms with Gasteiger partial charge in [-0.1, -0.05) is 6.07 Å². The van der Waals surface area contributed by atoms with Crippen molar-refractivity contribution in [2.45, 2.75) is 25.4 Å². The summed E-state index contributed by atoms with van der Waals surface area (Å²) in [5.41, 5.74) is 7.79. The lowest BCUT2D eigenvalue weighted by Crippen LogP contribution is -2.14. The summed E-state index contributed by atoms with van der Waals surface area (Å²) in [5.74, 6) is 1.16. The highest BCUT2D eigenvalue weighted by atomic mass is 19.1. The molecule has 2 N–H and O–H groups in total. The normalized spacial score (nSPS) is 17.0. The van der Waals surface area contributed by atoms with Crippen LogP contribution in [-0.4, -0.2) is 11.1 Å². The van der Waals surface area contributed by atoms with E-state index >= 15 is 0 Å². The van der Waals surface area contributed by atoms with E-state index in [2.05, 4.69) is 4.98 Å². The Morgan fingerprint density at radius 1 is 1.37 bits per heavy atom. The Morgan fingerprint density at radius 2 is 2.26 bits per heavy atom. The predicted octanol–water partition coefficient (Wildman–Crippen LogP) is 2.74. The quantitative estimate of drug-likeness (QED) is 0.920. The third kappa shape index (κ3) is 2.52. The van der Waals surface area contributed by atoms with Crippen molar-refractivity contribution in [1.29, 1.82) is 0 Å². The largest absolute Gasteiger partial charge is 0.490 e. The lowest BCUT2D eigenvalue weighted by atomic mass is 10.0. The number of halogens is 1. The molecule has 1 aliphatic rings. The Kier molecular flexibility index (Phi) is 3.07. The highest BCUT2D eigenvalue weighted by molar-refractivity contribution is 5.40. The molecule has 1 aromatic carbocycles. The molecule has 0 bridgehead atoms.